The van der Waals surface area contributed by atoms with Crippen molar-refractivity contribution in [2.45, 2.75) is 25.8 Å². The fraction of sp³-hybridized carbons (Fsp3) is 0.500. The lowest BCUT2D eigenvalue weighted by molar-refractivity contribution is 0.613. The third kappa shape index (κ3) is 3.04. The van der Waals surface area contributed by atoms with Crippen molar-refractivity contribution < 1.29 is 0 Å². The van der Waals surface area contributed by atoms with Gasteiger partial charge < -0.3 is 11.1 Å². The van der Waals surface area contributed by atoms with Crippen LogP contribution in [0.4, 0.5) is 5.69 Å². The third-order valence-corrected chi connectivity index (χ3v) is 2.74. The number of anilines is 1. The summed E-state index contributed by atoms with van der Waals surface area (Å²) in [5.74, 6) is 1.02. The summed E-state index contributed by atoms with van der Waals surface area (Å²) in [5, 5.41) is 3.45. The van der Waals surface area contributed by atoms with Gasteiger partial charge >= 0.3 is 0 Å². The van der Waals surface area contributed by atoms with E-state index in [9.17, 15) is 0 Å². The molecule has 1 aromatic rings. The highest BCUT2D eigenvalue weighted by Gasteiger charge is 2.19. The summed E-state index contributed by atoms with van der Waals surface area (Å²) in [5.41, 5.74) is 7.76. The Morgan fingerprint density at radius 2 is 1.93 bits per heavy atom. The van der Waals surface area contributed by atoms with Crippen LogP contribution in [-0.2, 0) is 6.54 Å². The van der Waals surface area contributed by atoms with Crippen molar-refractivity contribution >= 4 is 5.69 Å². The molecule has 1 fully saturated rings. The van der Waals surface area contributed by atoms with Gasteiger partial charge in [0, 0.05) is 12.2 Å². The molecule has 3 N–H and O–H groups in total. The Labute approximate surface area is 85.5 Å². The van der Waals surface area contributed by atoms with Gasteiger partial charge in [0.25, 0.3) is 0 Å². The summed E-state index contributed by atoms with van der Waals surface area (Å²) in [7, 11) is 0. The Bertz CT molecular complexity index is 275. The summed E-state index contributed by atoms with van der Waals surface area (Å²) in [4.78, 5) is 0. The maximum absolute atomic E-state index is 5.61. The molecule has 76 valence electrons. The highest BCUT2D eigenvalue weighted by atomic mass is 14.8. The molecule has 2 rings (SSSR count). The summed E-state index contributed by atoms with van der Waals surface area (Å²) in [6.07, 6.45) is 4.24. The second kappa shape index (κ2) is 4.47. The fourth-order valence-electron chi connectivity index (χ4n) is 1.58. The Morgan fingerprint density at radius 1 is 1.21 bits per heavy atom. The van der Waals surface area contributed by atoms with E-state index in [4.69, 9.17) is 5.73 Å². The minimum atomic E-state index is 0.840. The van der Waals surface area contributed by atoms with Gasteiger partial charge in [-0.1, -0.05) is 25.0 Å². The van der Waals surface area contributed by atoms with E-state index in [1.54, 1.807) is 0 Å². The minimum absolute atomic E-state index is 0.840. The van der Waals surface area contributed by atoms with Gasteiger partial charge in [-0.05, 0) is 36.6 Å². The van der Waals surface area contributed by atoms with Crippen molar-refractivity contribution in [2.24, 2.45) is 5.92 Å². The van der Waals surface area contributed by atoms with Crippen molar-refractivity contribution in [1.82, 2.24) is 5.32 Å². The molecule has 2 nitrogen and oxygen atoms in total. The predicted molar refractivity (Wildman–Crippen MR) is 59.9 cm³/mol. The van der Waals surface area contributed by atoms with E-state index in [1.165, 1.54) is 24.8 Å². The molecule has 0 saturated heterocycles. The molecule has 0 radical (unpaired) electrons. The number of nitrogen functional groups attached to an aromatic ring is 1. The van der Waals surface area contributed by atoms with Crippen LogP contribution in [0.25, 0.3) is 0 Å². The Hall–Kier alpha value is -1.02. The normalized spacial score (nSPS) is 15.7. The quantitative estimate of drug-likeness (QED) is 0.551. The van der Waals surface area contributed by atoms with Crippen LogP contribution < -0.4 is 11.1 Å². The molecule has 0 spiro atoms. The van der Waals surface area contributed by atoms with E-state index in [0.29, 0.717) is 0 Å². The van der Waals surface area contributed by atoms with Crippen molar-refractivity contribution in [3.05, 3.63) is 29.8 Å². The zero-order valence-electron chi connectivity index (χ0n) is 8.50. The molecule has 0 bridgehead atoms. The second-order valence-corrected chi connectivity index (χ2v) is 4.15. The topological polar surface area (TPSA) is 38.0 Å². The zero-order valence-corrected chi connectivity index (χ0v) is 8.50. The maximum Gasteiger partial charge on any atom is 0.0314 e. The molecule has 1 aromatic carbocycles. The molecule has 0 atom stereocenters. The molecule has 14 heavy (non-hydrogen) atoms. The molecule has 1 aliphatic carbocycles. The average molecular weight is 190 g/mol. The van der Waals surface area contributed by atoms with E-state index in [0.717, 1.165) is 24.7 Å². The fourth-order valence-corrected chi connectivity index (χ4v) is 1.58. The zero-order chi connectivity index (χ0) is 9.80. The van der Waals surface area contributed by atoms with Gasteiger partial charge in [-0.15, -0.1) is 0 Å². The summed E-state index contributed by atoms with van der Waals surface area (Å²) in [6.45, 7) is 2.11. The monoisotopic (exact) mass is 190 g/mol. The number of hydrogen-bond acceptors (Lipinski definition) is 2. The number of rotatable bonds is 5. The number of nitrogens with two attached hydrogens (primary N) is 1. The number of hydrogen-bond donors (Lipinski definition) is 2. The van der Waals surface area contributed by atoms with Gasteiger partial charge in [0.15, 0.2) is 0 Å². The lowest BCUT2D eigenvalue weighted by atomic mass is 10.2. The Morgan fingerprint density at radius 3 is 2.57 bits per heavy atom. The molecule has 0 aliphatic heterocycles. The largest absolute Gasteiger partial charge is 0.399 e. The average Bonchev–Trinajstić information content (AvgIpc) is 2.99. The van der Waals surface area contributed by atoms with Crippen LogP contribution in [0.15, 0.2) is 24.3 Å². The minimum Gasteiger partial charge on any atom is -0.399 e. The van der Waals surface area contributed by atoms with E-state index in [-0.39, 0.29) is 0 Å². The van der Waals surface area contributed by atoms with E-state index in [2.05, 4.69) is 17.4 Å². The van der Waals surface area contributed by atoms with Crippen LogP contribution in [0.3, 0.4) is 0 Å². The highest BCUT2D eigenvalue weighted by molar-refractivity contribution is 5.39. The first-order valence-corrected chi connectivity index (χ1v) is 5.40. The summed E-state index contributed by atoms with van der Waals surface area (Å²) >= 11 is 0. The van der Waals surface area contributed by atoms with Gasteiger partial charge in [0.05, 0.1) is 0 Å². The maximum atomic E-state index is 5.61. The molecule has 0 heterocycles. The van der Waals surface area contributed by atoms with Gasteiger partial charge in [-0.2, -0.15) is 0 Å². The van der Waals surface area contributed by atoms with Crippen LogP contribution in [0, 0.1) is 5.92 Å². The van der Waals surface area contributed by atoms with Gasteiger partial charge in [0.2, 0.25) is 0 Å². The number of nitrogens with one attached hydrogen (secondary N) is 1. The summed E-state index contributed by atoms with van der Waals surface area (Å²) in [6, 6.07) is 8.08. The molecular formula is C12H18N2. The van der Waals surface area contributed by atoms with E-state index < -0.39 is 0 Å². The van der Waals surface area contributed by atoms with E-state index in [1.807, 2.05) is 12.1 Å². The first kappa shape index (κ1) is 9.53. The van der Waals surface area contributed by atoms with E-state index >= 15 is 0 Å². The van der Waals surface area contributed by atoms with Crippen LogP contribution in [0.5, 0.6) is 0 Å². The SMILES string of the molecule is Nc1ccc(CNCCC2CC2)cc1. The van der Waals surface area contributed by atoms with Crippen molar-refractivity contribution in [2.75, 3.05) is 12.3 Å². The van der Waals surface area contributed by atoms with Crippen molar-refractivity contribution in [3.63, 3.8) is 0 Å². The second-order valence-electron chi connectivity index (χ2n) is 4.15. The molecule has 0 aromatic heterocycles. The summed E-state index contributed by atoms with van der Waals surface area (Å²) < 4.78 is 0. The van der Waals surface area contributed by atoms with Crippen LogP contribution >= 0.6 is 0 Å². The predicted octanol–water partition coefficient (Wildman–Crippen LogP) is 2.16. The van der Waals surface area contributed by atoms with Crippen molar-refractivity contribution in [1.29, 1.82) is 0 Å². The smallest absolute Gasteiger partial charge is 0.0314 e. The lowest BCUT2D eigenvalue weighted by Gasteiger charge is -2.04. The standard InChI is InChI=1S/C12H18N2/c13-12-5-3-11(4-6-12)9-14-8-7-10-1-2-10/h3-6,10,14H,1-2,7-9,13H2. The Balaban J connectivity index is 1.66. The third-order valence-electron chi connectivity index (χ3n) is 2.74. The van der Waals surface area contributed by atoms with Crippen LogP contribution in [0.1, 0.15) is 24.8 Å². The molecular weight excluding hydrogens is 172 g/mol. The molecule has 1 aliphatic rings. The first-order chi connectivity index (χ1) is 6.84. The molecule has 0 amide bonds. The highest BCUT2D eigenvalue weighted by Crippen LogP contribution is 2.31. The first-order valence-electron chi connectivity index (χ1n) is 5.40. The van der Waals surface area contributed by atoms with Crippen LogP contribution in [0.2, 0.25) is 0 Å². The van der Waals surface area contributed by atoms with Gasteiger partial charge in [-0.25, -0.2) is 0 Å². The van der Waals surface area contributed by atoms with Gasteiger partial charge in [-0.3, -0.25) is 0 Å². The molecule has 1 saturated carbocycles. The van der Waals surface area contributed by atoms with Crippen molar-refractivity contribution in [3.8, 4) is 0 Å². The molecule has 2 heteroatoms. The van der Waals surface area contributed by atoms with Gasteiger partial charge in [0.1, 0.15) is 0 Å². The number of benzene rings is 1. The van der Waals surface area contributed by atoms with Crippen LogP contribution in [-0.4, -0.2) is 6.54 Å². The Kier molecular flexibility index (Phi) is 3.04. The molecule has 0 unspecified atom stereocenters. The lowest BCUT2D eigenvalue weighted by Crippen LogP contribution is -2.15.